The maximum absolute atomic E-state index is 11.7. The van der Waals surface area contributed by atoms with Crippen LogP contribution in [0.1, 0.15) is 20.8 Å². The van der Waals surface area contributed by atoms with Gasteiger partial charge in [0.2, 0.25) is 0 Å². The molecule has 0 radical (unpaired) electrons. The predicted molar refractivity (Wildman–Crippen MR) is 86.2 cm³/mol. The summed E-state index contributed by atoms with van der Waals surface area (Å²) in [6, 6.07) is -1.24. The molecule has 1 amide bonds. The van der Waals surface area contributed by atoms with E-state index in [1.165, 1.54) is 7.11 Å². The van der Waals surface area contributed by atoms with Gasteiger partial charge in [0, 0.05) is 27.9 Å². The molecule has 11 nitrogen and oxygen atoms in total. The molecule has 1 N–H and O–H groups in total. The van der Waals surface area contributed by atoms with Crippen molar-refractivity contribution < 1.29 is 47.7 Å². The highest BCUT2D eigenvalue weighted by Crippen LogP contribution is 2.27. The van der Waals surface area contributed by atoms with Crippen molar-refractivity contribution in [3.05, 3.63) is 0 Å². The van der Waals surface area contributed by atoms with Gasteiger partial charge in [0.25, 0.3) is 0 Å². The molecular formula is C15H20ClNO10. The SMILES string of the molecule is CO[C@H]1O[C@H](COC(C)=O)[C@@H](OC(C)=O)[C@H](OC(C)=O)[C@H]1NC(=O)C(=O)Cl. The fraction of sp³-hybridized carbons (Fsp3) is 0.667. The molecule has 0 aromatic rings. The fourth-order valence-corrected chi connectivity index (χ4v) is 2.52. The zero-order valence-corrected chi connectivity index (χ0v) is 15.8. The minimum atomic E-state index is -1.32. The normalized spacial score (nSPS) is 27.2. The molecule has 0 aromatic carbocycles. The minimum absolute atomic E-state index is 0.347. The van der Waals surface area contributed by atoms with Crippen molar-refractivity contribution in [1.82, 2.24) is 5.32 Å². The monoisotopic (exact) mass is 409 g/mol. The van der Waals surface area contributed by atoms with Gasteiger partial charge in [-0.05, 0) is 11.6 Å². The summed E-state index contributed by atoms with van der Waals surface area (Å²) in [7, 11) is 1.23. The van der Waals surface area contributed by atoms with Crippen molar-refractivity contribution in [2.45, 2.75) is 51.4 Å². The van der Waals surface area contributed by atoms with Gasteiger partial charge in [-0.1, -0.05) is 0 Å². The molecule has 0 saturated carbocycles. The molecular weight excluding hydrogens is 390 g/mol. The average molecular weight is 410 g/mol. The second-order valence-corrected chi connectivity index (χ2v) is 5.85. The van der Waals surface area contributed by atoms with Gasteiger partial charge in [-0.2, -0.15) is 0 Å². The van der Waals surface area contributed by atoms with Gasteiger partial charge in [0.1, 0.15) is 18.8 Å². The number of amides is 1. The van der Waals surface area contributed by atoms with Crippen LogP contribution in [0.4, 0.5) is 0 Å². The van der Waals surface area contributed by atoms with E-state index in [2.05, 4.69) is 5.32 Å². The van der Waals surface area contributed by atoms with Crippen LogP contribution < -0.4 is 5.32 Å². The summed E-state index contributed by atoms with van der Waals surface area (Å²) in [6.07, 6.45) is -4.90. The Hall–Kier alpha value is -2.24. The maximum atomic E-state index is 11.7. The van der Waals surface area contributed by atoms with Crippen LogP contribution in [0.3, 0.4) is 0 Å². The number of hydrogen-bond donors (Lipinski definition) is 1. The van der Waals surface area contributed by atoms with E-state index >= 15 is 0 Å². The van der Waals surface area contributed by atoms with Gasteiger partial charge >= 0.3 is 29.1 Å². The largest absolute Gasteiger partial charge is 0.463 e. The van der Waals surface area contributed by atoms with Gasteiger partial charge in [-0.3, -0.25) is 24.0 Å². The van der Waals surface area contributed by atoms with E-state index in [1.807, 2.05) is 0 Å². The maximum Gasteiger partial charge on any atom is 0.309 e. The molecule has 5 atom stereocenters. The van der Waals surface area contributed by atoms with Crippen molar-refractivity contribution in [3.8, 4) is 0 Å². The van der Waals surface area contributed by atoms with Gasteiger partial charge < -0.3 is 29.0 Å². The van der Waals surface area contributed by atoms with E-state index in [0.717, 1.165) is 20.8 Å². The second kappa shape index (κ2) is 10.2. The first kappa shape index (κ1) is 22.8. The number of hydrogen-bond acceptors (Lipinski definition) is 10. The topological polar surface area (TPSA) is 144 Å². The molecule has 0 spiro atoms. The smallest absolute Gasteiger partial charge is 0.309 e. The lowest BCUT2D eigenvalue weighted by atomic mass is 9.96. The molecule has 1 aliphatic heterocycles. The number of carbonyl (C=O) groups is 5. The van der Waals surface area contributed by atoms with Crippen LogP contribution in [0.5, 0.6) is 0 Å². The highest BCUT2D eigenvalue weighted by molar-refractivity contribution is 6.80. The first-order valence-corrected chi connectivity index (χ1v) is 8.11. The van der Waals surface area contributed by atoms with Crippen LogP contribution in [0.15, 0.2) is 0 Å². The second-order valence-electron chi connectivity index (χ2n) is 5.50. The Balaban J connectivity index is 3.24. The third kappa shape index (κ3) is 6.77. The Morgan fingerprint density at radius 2 is 1.52 bits per heavy atom. The van der Waals surface area contributed by atoms with Crippen LogP contribution in [-0.2, 0) is 47.7 Å². The summed E-state index contributed by atoms with van der Waals surface area (Å²) in [6.45, 7) is 3.01. The Labute approximate surface area is 159 Å². The molecule has 1 rings (SSSR count). The van der Waals surface area contributed by atoms with Crippen LogP contribution >= 0.6 is 11.6 Å². The Morgan fingerprint density at radius 1 is 0.963 bits per heavy atom. The molecule has 1 aliphatic rings. The summed E-state index contributed by atoms with van der Waals surface area (Å²) in [4.78, 5) is 56.9. The van der Waals surface area contributed by atoms with Crippen LogP contribution in [-0.4, -0.2) is 73.4 Å². The highest BCUT2D eigenvalue weighted by atomic mass is 35.5. The van der Waals surface area contributed by atoms with E-state index in [1.54, 1.807) is 0 Å². The molecule has 1 saturated heterocycles. The Kier molecular flexibility index (Phi) is 8.60. The Bertz CT molecular complexity index is 609. The van der Waals surface area contributed by atoms with Gasteiger partial charge in [0.15, 0.2) is 18.5 Å². The molecule has 1 fully saturated rings. The predicted octanol–water partition coefficient (Wildman–Crippen LogP) is -0.966. The third-order valence-electron chi connectivity index (χ3n) is 3.41. The number of methoxy groups -OCH3 is 1. The number of esters is 3. The number of nitrogens with one attached hydrogen (secondary N) is 1. The van der Waals surface area contributed by atoms with E-state index in [0.29, 0.717) is 0 Å². The lowest BCUT2D eigenvalue weighted by Gasteiger charge is -2.44. The standard InChI is InChI=1S/C15H20ClNO10/c1-6(18)24-5-9-11(25-7(2)19)12(26-8(3)20)10(15(23-4)27-9)17-14(22)13(16)21/h9-12,15H,5H2,1-4H3,(H,17,22)/t9-,10-,11-,12-,15+/m1/s1. The zero-order valence-electron chi connectivity index (χ0n) is 15.1. The summed E-state index contributed by atoms with van der Waals surface area (Å²) in [5, 5.41) is 0.895. The summed E-state index contributed by atoms with van der Waals surface area (Å²) >= 11 is 5.14. The number of ether oxygens (including phenoxy) is 5. The van der Waals surface area contributed by atoms with Crippen LogP contribution in [0, 0.1) is 0 Å². The van der Waals surface area contributed by atoms with Crippen molar-refractivity contribution in [2.24, 2.45) is 0 Å². The van der Waals surface area contributed by atoms with Crippen LogP contribution in [0.2, 0.25) is 0 Å². The van der Waals surface area contributed by atoms with Gasteiger partial charge in [-0.25, -0.2) is 0 Å². The number of halogens is 1. The molecule has 152 valence electrons. The Morgan fingerprint density at radius 3 is 1.96 bits per heavy atom. The molecule has 0 aromatic heterocycles. The summed E-state index contributed by atoms with van der Waals surface area (Å²) in [5.41, 5.74) is 0. The van der Waals surface area contributed by atoms with E-state index in [4.69, 9.17) is 35.3 Å². The van der Waals surface area contributed by atoms with Crippen molar-refractivity contribution in [2.75, 3.05) is 13.7 Å². The molecule has 0 unspecified atom stereocenters. The molecule has 27 heavy (non-hydrogen) atoms. The summed E-state index contributed by atoms with van der Waals surface area (Å²) in [5.74, 6) is -3.34. The van der Waals surface area contributed by atoms with E-state index in [-0.39, 0.29) is 6.61 Å². The average Bonchev–Trinajstić information content (AvgIpc) is 2.55. The number of carbonyl (C=O) groups excluding carboxylic acids is 5. The van der Waals surface area contributed by atoms with Crippen molar-refractivity contribution in [3.63, 3.8) is 0 Å². The minimum Gasteiger partial charge on any atom is -0.463 e. The fourth-order valence-electron chi connectivity index (χ4n) is 2.47. The zero-order chi connectivity index (χ0) is 20.7. The first-order chi connectivity index (χ1) is 12.6. The van der Waals surface area contributed by atoms with Gasteiger partial charge in [0.05, 0.1) is 0 Å². The third-order valence-corrected chi connectivity index (χ3v) is 3.58. The van der Waals surface area contributed by atoms with E-state index in [9.17, 15) is 24.0 Å². The van der Waals surface area contributed by atoms with Crippen LogP contribution in [0.25, 0.3) is 0 Å². The highest BCUT2D eigenvalue weighted by Gasteiger charge is 2.51. The molecule has 0 aliphatic carbocycles. The molecule has 12 heteroatoms. The summed E-state index contributed by atoms with van der Waals surface area (Å²) < 4.78 is 25.9. The van der Waals surface area contributed by atoms with Crippen molar-refractivity contribution >= 4 is 40.7 Å². The lowest BCUT2D eigenvalue weighted by molar-refractivity contribution is -0.271. The van der Waals surface area contributed by atoms with Crippen molar-refractivity contribution in [1.29, 1.82) is 0 Å². The van der Waals surface area contributed by atoms with E-state index < -0.39 is 59.7 Å². The van der Waals surface area contributed by atoms with Gasteiger partial charge in [-0.15, -0.1) is 0 Å². The molecule has 0 bridgehead atoms. The molecule has 1 heterocycles. The lowest BCUT2D eigenvalue weighted by Crippen LogP contribution is -2.67. The quantitative estimate of drug-likeness (QED) is 0.241. The first-order valence-electron chi connectivity index (χ1n) is 7.73. The number of rotatable bonds is 7.